The Balaban J connectivity index is 1.86. The van der Waals surface area contributed by atoms with E-state index in [2.05, 4.69) is 17.1 Å². The Kier molecular flexibility index (Phi) is 7.77. The van der Waals surface area contributed by atoms with Crippen molar-refractivity contribution in [1.29, 1.82) is 0 Å². The summed E-state index contributed by atoms with van der Waals surface area (Å²) in [6, 6.07) is 8.48. The molecule has 0 spiro atoms. The maximum atomic E-state index is 12.8. The van der Waals surface area contributed by atoms with E-state index in [9.17, 15) is 9.90 Å². The van der Waals surface area contributed by atoms with Gasteiger partial charge in [-0.1, -0.05) is 71.4 Å². The predicted molar refractivity (Wildman–Crippen MR) is 128 cm³/mol. The van der Waals surface area contributed by atoms with Crippen LogP contribution in [0.1, 0.15) is 82.1 Å². The van der Waals surface area contributed by atoms with Gasteiger partial charge in [-0.3, -0.25) is 0 Å². The van der Waals surface area contributed by atoms with Crippen molar-refractivity contribution < 1.29 is 14.6 Å². The van der Waals surface area contributed by atoms with Crippen molar-refractivity contribution in [2.75, 3.05) is 6.61 Å². The number of halogens is 1. The van der Waals surface area contributed by atoms with Gasteiger partial charge >= 0.3 is 5.97 Å². The molecule has 3 aromatic rings. The summed E-state index contributed by atoms with van der Waals surface area (Å²) in [5, 5.41) is 20.5. The summed E-state index contributed by atoms with van der Waals surface area (Å²) in [6.07, 6.45) is 6.73. The predicted octanol–water partition coefficient (Wildman–Crippen LogP) is 6.59. The van der Waals surface area contributed by atoms with Gasteiger partial charge in [-0.25, -0.2) is 4.79 Å². The maximum absolute atomic E-state index is 12.8. The zero-order valence-corrected chi connectivity index (χ0v) is 20.1. The first-order chi connectivity index (χ1) is 15.2. The molecule has 0 bridgehead atoms. The summed E-state index contributed by atoms with van der Waals surface area (Å²) in [5.41, 5.74) is 2.17. The fraction of sp³-hybridized carbons (Fsp3) is 0.480. The number of aromatic hydroxyl groups is 1. The second-order valence-corrected chi connectivity index (χ2v) is 9.60. The van der Waals surface area contributed by atoms with E-state index < -0.39 is 11.4 Å². The van der Waals surface area contributed by atoms with Gasteiger partial charge in [0.2, 0.25) is 0 Å². The van der Waals surface area contributed by atoms with Crippen LogP contribution in [0.15, 0.2) is 30.3 Å². The van der Waals surface area contributed by atoms with Crippen molar-refractivity contribution in [3.05, 3.63) is 46.5 Å². The van der Waals surface area contributed by atoms with E-state index in [-0.39, 0.29) is 5.75 Å². The van der Waals surface area contributed by atoms with Crippen LogP contribution in [0.5, 0.6) is 5.75 Å². The monoisotopic (exact) mass is 457 g/mol. The highest BCUT2D eigenvalue weighted by atomic mass is 35.5. The molecule has 1 N–H and O–H groups in total. The van der Waals surface area contributed by atoms with Gasteiger partial charge in [-0.05, 0) is 42.2 Å². The van der Waals surface area contributed by atoms with Gasteiger partial charge in [0, 0.05) is 10.6 Å². The summed E-state index contributed by atoms with van der Waals surface area (Å²) in [7, 11) is 0. The average Bonchev–Trinajstić information content (AvgIpc) is 3.15. The first kappa shape index (κ1) is 24.1. The SMILES string of the molecule is CCCCCCCCOC(=O)c1cc(-n2nc3ccc(Cl)cc3n2)c(O)c(C(C)(C)C)c1. The minimum absolute atomic E-state index is 0.0383. The largest absolute Gasteiger partial charge is 0.505 e. The number of rotatable bonds is 9. The Morgan fingerprint density at radius 1 is 1.03 bits per heavy atom. The van der Waals surface area contributed by atoms with Crippen LogP contribution in [0.4, 0.5) is 0 Å². The van der Waals surface area contributed by atoms with Gasteiger partial charge in [0.05, 0.1) is 12.2 Å². The third-order valence-corrected chi connectivity index (χ3v) is 5.66. The second-order valence-electron chi connectivity index (χ2n) is 9.17. The molecule has 2 aromatic carbocycles. The number of hydrogen-bond acceptors (Lipinski definition) is 5. The number of aromatic nitrogens is 3. The Bertz CT molecular complexity index is 1090. The number of benzene rings is 2. The van der Waals surface area contributed by atoms with Crippen molar-refractivity contribution in [2.45, 2.75) is 71.6 Å². The number of carbonyl (C=O) groups excluding carboxylic acids is 1. The lowest BCUT2D eigenvalue weighted by atomic mass is 9.85. The van der Waals surface area contributed by atoms with Crippen molar-refractivity contribution in [3.63, 3.8) is 0 Å². The minimum atomic E-state index is -0.412. The fourth-order valence-corrected chi connectivity index (χ4v) is 3.75. The Hall–Kier alpha value is -2.60. The number of fused-ring (bicyclic) bond motifs is 1. The van der Waals surface area contributed by atoms with Crippen LogP contribution in [0.25, 0.3) is 16.7 Å². The quantitative estimate of drug-likeness (QED) is 0.289. The van der Waals surface area contributed by atoms with E-state index in [0.717, 1.165) is 19.3 Å². The molecule has 1 heterocycles. The van der Waals surface area contributed by atoms with Crippen LogP contribution in [0, 0.1) is 0 Å². The van der Waals surface area contributed by atoms with Gasteiger partial charge in [0.25, 0.3) is 0 Å². The molecule has 32 heavy (non-hydrogen) atoms. The number of esters is 1. The van der Waals surface area contributed by atoms with Crippen LogP contribution in [0.2, 0.25) is 5.02 Å². The molecule has 0 aliphatic heterocycles. The highest BCUT2D eigenvalue weighted by Crippen LogP contribution is 2.36. The molecule has 0 amide bonds. The maximum Gasteiger partial charge on any atom is 0.338 e. The Morgan fingerprint density at radius 2 is 1.72 bits per heavy atom. The number of nitrogens with zero attached hydrogens (tertiary/aromatic N) is 3. The number of carbonyl (C=O) groups is 1. The normalized spacial score (nSPS) is 11.8. The number of ether oxygens (including phenoxy) is 1. The molecule has 0 aliphatic carbocycles. The molecule has 0 unspecified atom stereocenters. The van der Waals surface area contributed by atoms with Crippen LogP contribution in [0.3, 0.4) is 0 Å². The number of hydrogen-bond donors (Lipinski definition) is 1. The first-order valence-electron chi connectivity index (χ1n) is 11.3. The van der Waals surface area contributed by atoms with E-state index in [1.165, 1.54) is 24.1 Å². The van der Waals surface area contributed by atoms with Gasteiger partial charge in [-0.2, -0.15) is 0 Å². The molecular formula is C25H32ClN3O3. The number of phenols is 1. The standard InChI is InChI=1S/C25H32ClN3O3/c1-5-6-7-8-9-10-13-32-24(31)17-14-19(25(2,3)4)23(30)22(15-17)29-27-20-12-11-18(26)16-21(20)28-29/h11-12,14-16,30H,5-10,13H2,1-4H3. The molecule has 7 heteroatoms. The molecule has 0 atom stereocenters. The van der Waals surface area contributed by atoms with Crippen LogP contribution in [-0.2, 0) is 10.2 Å². The molecule has 0 radical (unpaired) electrons. The summed E-state index contributed by atoms with van der Waals surface area (Å²) >= 11 is 6.07. The fourth-order valence-electron chi connectivity index (χ4n) is 3.59. The zero-order valence-electron chi connectivity index (χ0n) is 19.3. The lowest BCUT2D eigenvalue weighted by Gasteiger charge is -2.22. The third-order valence-electron chi connectivity index (χ3n) is 5.42. The first-order valence-corrected chi connectivity index (χ1v) is 11.7. The molecule has 0 aliphatic rings. The van der Waals surface area contributed by atoms with Crippen molar-refractivity contribution in [2.24, 2.45) is 0 Å². The lowest BCUT2D eigenvalue weighted by molar-refractivity contribution is 0.0497. The third kappa shape index (κ3) is 5.80. The van der Waals surface area contributed by atoms with Crippen molar-refractivity contribution in [3.8, 4) is 11.4 Å². The molecule has 172 valence electrons. The molecule has 3 rings (SSSR count). The lowest BCUT2D eigenvalue weighted by Crippen LogP contribution is -2.16. The van der Waals surface area contributed by atoms with E-state index in [1.54, 1.807) is 30.3 Å². The zero-order chi connectivity index (χ0) is 23.3. The molecule has 0 saturated heterocycles. The summed E-state index contributed by atoms with van der Waals surface area (Å²) in [5.74, 6) is -0.374. The number of phenolic OH excluding ortho intramolecular Hbond substituents is 1. The van der Waals surface area contributed by atoms with E-state index >= 15 is 0 Å². The molecule has 0 fully saturated rings. The summed E-state index contributed by atoms with van der Waals surface area (Å²) in [6.45, 7) is 8.50. The topological polar surface area (TPSA) is 77.2 Å². The minimum Gasteiger partial charge on any atom is -0.505 e. The Morgan fingerprint density at radius 3 is 2.44 bits per heavy atom. The molecule has 1 aromatic heterocycles. The van der Waals surface area contributed by atoms with Crippen LogP contribution >= 0.6 is 11.6 Å². The second kappa shape index (κ2) is 10.3. The van der Waals surface area contributed by atoms with Crippen molar-refractivity contribution >= 4 is 28.6 Å². The number of unbranched alkanes of at least 4 members (excludes halogenated alkanes) is 5. The Labute approximate surface area is 194 Å². The highest BCUT2D eigenvalue weighted by Gasteiger charge is 2.25. The summed E-state index contributed by atoms with van der Waals surface area (Å²) in [4.78, 5) is 14.1. The van der Waals surface area contributed by atoms with Gasteiger partial charge in [0.1, 0.15) is 22.5 Å². The smallest absolute Gasteiger partial charge is 0.338 e. The van der Waals surface area contributed by atoms with Crippen molar-refractivity contribution in [1.82, 2.24) is 15.0 Å². The molecule has 0 saturated carbocycles. The molecular weight excluding hydrogens is 426 g/mol. The van der Waals surface area contributed by atoms with E-state index in [1.807, 2.05) is 20.8 Å². The van der Waals surface area contributed by atoms with Crippen LogP contribution in [-0.4, -0.2) is 32.7 Å². The van der Waals surface area contributed by atoms with E-state index in [4.69, 9.17) is 16.3 Å². The van der Waals surface area contributed by atoms with Gasteiger partial charge in [-0.15, -0.1) is 15.0 Å². The van der Waals surface area contributed by atoms with Gasteiger partial charge in [0.15, 0.2) is 0 Å². The highest BCUT2D eigenvalue weighted by molar-refractivity contribution is 6.31. The van der Waals surface area contributed by atoms with Gasteiger partial charge < -0.3 is 9.84 Å². The summed E-state index contributed by atoms with van der Waals surface area (Å²) < 4.78 is 5.52. The van der Waals surface area contributed by atoms with E-state index in [0.29, 0.717) is 39.5 Å². The average molecular weight is 458 g/mol. The molecule has 6 nitrogen and oxygen atoms in total. The van der Waals surface area contributed by atoms with Crippen LogP contribution < -0.4 is 0 Å².